The molecule has 0 atom stereocenters. The van der Waals surface area contributed by atoms with E-state index in [-0.39, 0.29) is 11.8 Å². The van der Waals surface area contributed by atoms with E-state index in [1.165, 1.54) is 0 Å². The molecular weight excluding hydrogens is 318 g/mol. The molecule has 0 bridgehead atoms. The van der Waals surface area contributed by atoms with E-state index in [1.807, 2.05) is 21.9 Å². The maximum absolute atomic E-state index is 12.4. The van der Waals surface area contributed by atoms with Gasteiger partial charge in [0.25, 0.3) is 0 Å². The minimum absolute atomic E-state index is 0.0830. The first-order valence-electron chi connectivity index (χ1n) is 9.02. The zero-order chi connectivity index (χ0) is 17.8. The first-order valence-corrected chi connectivity index (χ1v) is 9.02. The van der Waals surface area contributed by atoms with E-state index in [0.29, 0.717) is 19.0 Å². The molecule has 0 radical (unpaired) electrons. The number of nitrogens with zero attached hydrogens (tertiary/aromatic N) is 3. The molecule has 1 saturated carbocycles. The Labute approximate surface area is 149 Å². The summed E-state index contributed by atoms with van der Waals surface area (Å²) in [5.74, 6) is 1.09. The van der Waals surface area contributed by atoms with Gasteiger partial charge < -0.3 is 19.4 Å². The highest BCUT2D eigenvalue weighted by molar-refractivity contribution is 5.78. The van der Waals surface area contributed by atoms with Crippen LogP contribution in [0.15, 0.2) is 24.3 Å². The predicted octanol–water partition coefficient (Wildman–Crippen LogP) is 1.74. The molecule has 0 aromatic heterocycles. The molecule has 1 saturated heterocycles. The lowest BCUT2D eigenvalue weighted by Gasteiger charge is -2.36. The summed E-state index contributed by atoms with van der Waals surface area (Å²) < 4.78 is 5.19. The molecule has 2 fully saturated rings. The van der Waals surface area contributed by atoms with Crippen LogP contribution in [0, 0.1) is 0 Å². The zero-order valence-electron chi connectivity index (χ0n) is 15.1. The van der Waals surface area contributed by atoms with Gasteiger partial charge in [-0.2, -0.15) is 0 Å². The van der Waals surface area contributed by atoms with Crippen molar-refractivity contribution >= 4 is 17.5 Å². The van der Waals surface area contributed by atoms with Crippen molar-refractivity contribution in [2.24, 2.45) is 0 Å². The third kappa shape index (κ3) is 4.44. The quantitative estimate of drug-likeness (QED) is 0.788. The molecule has 2 aliphatic rings. The number of amides is 2. The van der Waals surface area contributed by atoms with Crippen LogP contribution in [0.1, 0.15) is 26.2 Å². The molecule has 1 heterocycles. The summed E-state index contributed by atoms with van der Waals surface area (Å²) in [5.41, 5.74) is 1.16. The second-order valence-electron chi connectivity index (χ2n) is 6.76. The number of anilines is 1. The molecule has 0 N–H and O–H groups in total. The van der Waals surface area contributed by atoms with E-state index < -0.39 is 0 Å². The number of carbonyl (C=O) groups excluding carboxylic acids is 2. The van der Waals surface area contributed by atoms with Gasteiger partial charge >= 0.3 is 0 Å². The van der Waals surface area contributed by atoms with Crippen molar-refractivity contribution in [3.8, 4) is 5.75 Å². The van der Waals surface area contributed by atoms with Crippen molar-refractivity contribution in [1.82, 2.24) is 9.80 Å². The Morgan fingerprint density at radius 3 is 2.28 bits per heavy atom. The topological polar surface area (TPSA) is 53.1 Å². The van der Waals surface area contributed by atoms with E-state index in [1.54, 1.807) is 14.0 Å². The van der Waals surface area contributed by atoms with Gasteiger partial charge in [0.15, 0.2) is 0 Å². The third-order valence-electron chi connectivity index (χ3n) is 5.03. The van der Waals surface area contributed by atoms with Crippen molar-refractivity contribution in [1.29, 1.82) is 0 Å². The first-order chi connectivity index (χ1) is 12.1. The van der Waals surface area contributed by atoms with Crippen molar-refractivity contribution < 1.29 is 14.3 Å². The van der Waals surface area contributed by atoms with Gasteiger partial charge in [-0.25, -0.2) is 0 Å². The summed E-state index contributed by atoms with van der Waals surface area (Å²) in [6.45, 7) is 5.27. The maximum Gasteiger partial charge on any atom is 0.224 e. The van der Waals surface area contributed by atoms with Gasteiger partial charge in [0.2, 0.25) is 11.8 Å². The lowest BCUT2D eigenvalue weighted by atomic mass is 10.2. The Morgan fingerprint density at radius 2 is 1.76 bits per heavy atom. The zero-order valence-corrected chi connectivity index (χ0v) is 15.1. The van der Waals surface area contributed by atoms with E-state index >= 15 is 0 Å². The van der Waals surface area contributed by atoms with Crippen molar-refractivity contribution in [2.75, 3.05) is 44.7 Å². The summed E-state index contributed by atoms with van der Waals surface area (Å²) in [5, 5.41) is 0. The van der Waals surface area contributed by atoms with E-state index in [9.17, 15) is 9.59 Å². The highest BCUT2D eigenvalue weighted by Crippen LogP contribution is 2.27. The van der Waals surface area contributed by atoms with Crippen LogP contribution in [-0.4, -0.2) is 67.5 Å². The van der Waals surface area contributed by atoms with Crippen molar-refractivity contribution in [3.05, 3.63) is 24.3 Å². The smallest absolute Gasteiger partial charge is 0.224 e. The van der Waals surface area contributed by atoms with Crippen molar-refractivity contribution in [2.45, 2.75) is 32.2 Å². The number of piperazine rings is 1. The molecule has 1 aromatic rings. The summed E-state index contributed by atoms with van der Waals surface area (Å²) in [7, 11) is 1.66. The molecule has 6 nitrogen and oxygen atoms in total. The van der Waals surface area contributed by atoms with Gasteiger partial charge in [-0.3, -0.25) is 9.59 Å². The predicted molar refractivity (Wildman–Crippen MR) is 96.8 cm³/mol. The summed E-state index contributed by atoms with van der Waals surface area (Å²) in [6, 6.07) is 8.40. The van der Waals surface area contributed by atoms with Crippen LogP contribution in [-0.2, 0) is 9.59 Å². The number of benzene rings is 1. The summed E-state index contributed by atoms with van der Waals surface area (Å²) >= 11 is 0. The second kappa shape index (κ2) is 7.76. The maximum atomic E-state index is 12.4. The van der Waals surface area contributed by atoms with Gasteiger partial charge in [0.1, 0.15) is 5.75 Å². The average Bonchev–Trinajstić information content (AvgIpc) is 3.47. The van der Waals surface area contributed by atoms with Crippen molar-refractivity contribution in [3.63, 3.8) is 0 Å². The average molecular weight is 345 g/mol. The fourth-order valence-electron chi connectivity index (χ4n) is 3.36. The molecule has 25 heavy (non-hydrogen) atoms. The summed E-state index contributed by atoms with van der Waals surface area (Å²) in [6.07, 6.45) is 2.58. The molecule has 2 amide bonds. The fraction of sp³-hybridized carbons (Fsp3) is 0.579. The summed E-state index contributed by atoms with van der Waals surface area (Å²) in [4.78, 5) is 30.2. The second-order valence-corrected chi connectivity index (χ2v) is 6.76. The Hall–Kier alpha value is -2.24. The molecular formula is C19H27N3O3. The van der Waals surface area contributed by atoms with Crippen LogP contribution in [0.25, 0.3) is 0 Å². The molecule has 3 rings (SSSR count). The largest absolute Gasteiger partial charge is 0.497 e. The highest BCUT2D eigenvalue weighted by atomic mass is 16.5. The molecule has 1 aliphatic carbocycles. The SMILES string of the molecule is COc1ccc(N2CCN(C(=O)CCN(C(C)=O)C3CC3)CC2)cc1. The minimum Gasteiger partial charge on any atom is -0.497 e. The van der Waals surface area contributed by atoms with Crippen LogP contribution >= 0.6 is 0 Å². The normalized spacial score (nSPS) is 17.4. The van der Waals surface area contributed by atoms with E-state index in [0.717, 1.165) is 50.5 Å². The van der Waals surface area contributed by atoms with E-state index in [2.05, 4.69) is 17.0 Å². The number of methoxy groups -OCH3 is 1. The Morgan fingerprint density at radius 1 is 1.12 bits per heavy atom. The van der Waals surface area contributed by atoms with Crippen LogP contribution < -0.4 is 9.64 Å². The van der Waals surface area contributed by atoms with Crippen LogP contribution in [0.2, 0.25) is 0 Å². The van der Waals surface area contributed by atoms with E-state index in [4.69, 9.17) is 4.74 Å². The molecule has 0 unspecified atom stereocenters. The molecule has 6 heteroatoms. The molecule has 136 valence electrons. The first kappa shape index (κ1) is 17.6. The van der Waals surface area contributed by atoms with Gasteiger partial charge in [0, 0.05) is 57.8 Å². The molecule has 1 aromatic carbocycles. The number of rotatable bonds is 6. The van der Waals surface area contributed by atoms with Crippen LogP contribution in [0.5, 0.6) is 5.75 Å². The number of hydrogen-bond donors (Lipinski definition) is 0. The fourth-order valence-corrected chi connectivity index (χ4v) is 3.36. The Bertz CT molecular complexity index is 605. The van der Waals surface area contributed by atoms with Gasteiger partial charge in [-0.15, -0.1) is 0 Å². The molecule has 1 aliphatic heterocycles. The lowest BCUT2D eigenvalue weighted by Crippen LogP contribution is -2.49. The highest BCUT2D eigenvalue weighted by Gasteiger charge is 2.31. The number of carbonyl (C=O) groups is 2. The third-order valence-corrected chi connectivity index (χ3v) is 5.03. The Balaban J connectivity index is 1.46. The standard InChI is InChI=1S/C19H27N3O3/c1-15(23)22(17-3-4-17)10-9-19(24)21-13-11-20(12-14-21)16-5-7-18(25-2)8-6-16/h5-8,17H,3-4,9-14H2,1-2H3. The van der Waals surface area contributed by atoms with Crippen LogP contribution in [0.3, 0.4) is 0 Å². The Kier molecular flexibility index (Phi) is 5.46. The van der Waals surface area contributed by atoms with Gasteiger partial charge in [-0.1, -0.05) is 0 Å². The van der Waals surface area contributed by atoms with Gasteiger partial charge in [-0.05, 0) is 37.1 Å². The minimum atomic E-state index is 0.0830. The monoisotopic (exact) mass is 345 g/mol. The number of ether oxygens (including phenoxy) is 1. The lowest BCUT2D eigenvalue weighted by molar-refractivity contribution is -0.133. The van der Waals surface area contributed by atoms with Gasteiger partial charge in [0.05, 0.1) is 7.11 Å². The molecule has 0 spiro atoms. The number of hydrogen-bond acceptors (Lipinski definition) is 4. The van der Waals surface area contributed by atoms with Crippen LogP contribution in [0.4, 0.5) is 5.69 Å².